The molecule has 0 atom stereocenters. The van der Waals surface area contributed by atoms with Crippen LogP contribution in [-0.2, 0) is 16.6 Å². The van der Waals surface area contributed by atoms with Crippen molar-refractivity contribution < 1.29 is 19.1 Å². The monoisotopic (exact) mass is 578 g/mol. The van der Waals surface area contributed by atoms with Crippen LogP contribution in [0.2, 0.25) is 0 Å². The van der Waals surface area contributed by atoms with Gasteiger partial charge < -0.3 is 9.47 Å². The predicted molar refractivity (Wildman–Crippen MR) is 172 cm³/mol. The van der Waals surface area contributed by atoms with E-state index >= 15 is 0 Å². The summed E-state index contributed by atoms with van der Waals surface area (Å²) in [5, 5.41) is 0. The van der Waals surface area contributed by atoms with Crippen LogP contribution in [0.1, 0.15) is 81.6 Å². The number of esters is 2. The first-order valence-electron chi connectivity index (χ1n) is 15.1. The lowest BCUT2D eigenvalue weighted by Crippen LogP contribution is -2.44. The second kappa shape index (κ2) is 10.3. The summed E-state index contributed by atoms with van der Waals surface area (Å²) >= 11 is 0. The normalized spacial score (nSPS) is 17.7. The number of ether oxygens (including phenoxy) is 2. The maximum absolute atomic E-state index is 13.6. The first-order valence-corrected chi connectivity index (χ1v) is 15.1. The lowest BCUT2D eigenvalue weighted by molar-refractivity contribution is -0.143. The van der Waals surface area contributed by atoms with Crippen LogP contribution in [0.5, 0.6) is 11.5 Å². The fourth-order valence-corrected chi connectivity index (χ4v) is 7.01. The van der Waals surface area contributed by atoms with E-state index in [-0.39, 0.29) is 11.9 Å². The smallest absolute Gasteiger partial charge is 0.343 e. The standard InChI is InChI=1S/C40H34O4/c1-25-14-8-9-17-27(25)24-40-30-20-12-10-18-28(30)34(29-19-11-13-21-31(29)40)35-32(44-38(42)39(2,3)4)22-23-33(36(35)40)43-37(41)26-15-6-5-7-16-26/h5-23,34H,24H2,1-4H3. The summed E-state index contributed by atoms with van der Waals surface area (Å²) in [5.74, 6) is 0.0369. The van der Waals surface area contributed by atoms with Crippen LogP contribution in [-0.4, -0.2) is 11.9 Å². The number of aryl methyl sites for hydroxylation is 1. The summed E-state index contributed by atoms with van der Waals surface area (Å²) in [5.41, 5.74) is 7.90. The van der Waals surface area contributed by atoms with Gasteiger partial charge in [0.05, 0.1) is 16.4 Å². The number of hydrogen-bond acceptors (Lipinski definition) is 4. The molecule has 0 unspecified atom stereocenters. The minimum Gasteiger partial charge on any atom is -0.426 e. The Kier molecular flexibility index (Phi) is 6.55. The summed E-state index contributed by atoms with van der Waals surface area (Å²) in [6.07, 6.45) is 0.639. The molecular formula is C40H34O4. The third-order valence-corrected chi connectivity index (χ3v) is 9.09. The molecule has 0 N–H and O–H groups in total. The van der Waals surface area contributed by atoms with Crippen LogP contribution < -0.4 is 9.47 Å². The highest BCUT2D eigenvalue weighted by Gasteiger charge is 2.54. The molecule has 44 heavy (non-hydrogen) atoms. The highest BCUT2D eigenvalue weighted by molar-refractivity contribution is 5.92. The van der Waals surface area contributed by atoms with Crippen molar-refractivity contribution in [1.29, 1.82) is 0 Å². The molecule has 3 aliphatic carbocycles. The second-order valence-electron chi connectivity index (χ2n) is 12.9. The van der Waals surface area contributed by atoms with E-state index in [4.69, 9.17) is 9.47 Å². The quantitative estimate of drug-likeness (QED) is 0.155. The van der Waals surface area contributed by atoms with E-state index in [0.717, 1.165) is 11.1 Å². The number of carbonyl (C=O) groups excluding carboxylic acids is 2. The van der Waals surface area contributed by atoms with E-state index in [2.05, 4.69) is 79.7 Å². The molecular weight excluding hydrogens is 544 g/mol. The zero-order valence-electron chi connectivity index (χ0n) is 25.4. The van der Waals surface area contributed by atoms with Crippen molar-refractivity contribution in [3.63, 3.8) is 0 Å². The van der Waals surface area contributed by atoms with Gasteiger partial charge in [-0.2, -0.15) is 0 Å². The zero-order valence-corrected chi connectivity index (χ0v) is 25.4. The van der Waals surface area contributed by atoms with Gasteiger partial charge in [-0.1, -0.05) is 91.0 Å². The fraction of sp³-hybridized carbons (Fsp3) is 0.200. The predicted octanol–water partition coefficient (Wildman–Crippen LogP) is 8.55. The van der Waals surface area contributed by atoms with Crippen molar-refractivity contribution >= 4 is 11.9 Å². The summed E-state index contributed by atoms with van der Waals surface area (Å²) in [4.78, 5) is 27.0. The Labute approximate surface area is 258 Å². The molecule has 4 heteroatoms. The Balaban J connectivity index is 1.55. The first-order chi connectivity index (χ1) is 21.2. The Morgan fingerprint density at radius 1 is 0.682 bits per heavy atom. The SMILES string of the molecule is Cc1ccccc1CC12c3ccccc3C(c3ccccc31)c1c(OC(=O)C(C)(C)C)ccc(OC(=O)c3ccccc3)c12. The lowest BCUT2D eigenvalue weighted by Gasteiger charge is -2.51. The molecule has 3 aliphatic rings. The van der Waals surface area contributed by atoms with Gasteiger partial charge in [-0.15, -0.1) is 0 Å². The van der Waals surface area contributed by atoms with Crippen molar-refractivity contribution in [3.05, 3.63) is 165 Å². The Hall–Kier alpha value is -4.96. The first kappa shape index (κ1) is 27.8. The van der Waals surface area contributed by atoms with Crippen LogP contribution in [0.25, 0.3) is 0 Å². The largest absolute Gasteiger partial charge is 0.426 e. The average molecular weight is 579 g/mol. The molecule has 218 valence electrons. The topological polar surface area (TPSA) is 52.6 Å². The van der Waals surface area contributed by atoms with Gasteiger partial charge in [-0.05, 0) is 91.8 Å². The van der Waals surface area contributed by atoms with Crippen LogP contribution in [0.4, 0.5) is 0 Å². The third kappa shape index (κ3) is 4.28. The van der Waals surface area contributed by atoms with Gasteiger partial charge in [0, 0.05) is 17.0 Å². The van der Waals surface area contributed by atoms with E-state index in [0.29, 0.717) is 23.5 Å². The van der Waals surface area contributed by atoms with Gasteiger partial charge in [0.1, 0.15) is 11.5 Å². The molecule has 2 bridgehead atoms. The molecule has 0 saturated heterocycles. The molecule has 5 aromatic rings. The van der Waals surface area contributed by atoms with E-state index in [9.17, 15) is 9.59 Å². The zero-order chi connectivity index (χ0) is 30.6. The van der Waals surface area contributed by atoms with Gasteiger partial charge >= 0.3 is 11.9 Å². The molecule has 0 aromatic heterocycles. The molecule has 0 heterocycles. The number of carbonyl (C=O) groups is 2. The van der Waals surface area contributed by atoms with Crippen molar-refractivity contribution in [3.8, 4) is 11.5 Å². The third-order valence-electron chi connectivity index (χ3n) is 9.09. The molecule has 4 nitrogen and oxygen atoms in total. The van der Waals surface area contributed by atoms with Crippen molar-refractivity contribution in [1.82, 2.24) is 0 Å². The number of hydrogen-bond donors (Lipinski definition) is 0. The Bertz CT molecular complexity index is 1880. The summed E-state index contributed by atoms with van der Waals surface area (Å²) in [6, 6.07) is 38.2. The summed E-state index contributed by atoms with van der Waals surface area (Å²) < 4.78 is 12.6. The Morgan fingerprint density at radius 3 is 1.89 bits per heavy atom. The maximum Gasteiger partial charge on any atom is 0.343 e. The molecule has 0 saturated carbocycles. The van der Waals surface area contributed by atoms with E-state index in [1.165, 1.54) is 33.4 Å². The molecule has 0 radical (unpaired) electrons. The molecule has 5 aromatic carbocycles. The van der Waals surface area contributed by atoms with Gasteiger partial charge in [0.2, 0.25) is 0 Å². The highest BCUT2D eigenvalue weighted by atomic mass is 16.5. The molecule has 0 amide bonds. The van der Waals surface area contributed by atoms with Gasteiger partial charge in [0.15, 0.2) is 0 Å². The maximum atomic E-state index is 13.6. The van der Waals surface area contributed by atoms with Crippen LogP contribution in [0.15, 0.2) is 115 Å². The van der Waals surface area contributed by atoms with Gasteiger partial charge in [0.25, 0.3) is 0 Å². The van der Waals surface area contributed by atoms with E-state index in [1.54, 1.807) is 24.3 Å². The highest BCUT2D eigenvalue weighted by Crippen LogP contribution is 2.64. The molecule has 0 spiro atoms. The summed E-state index contributed by atoms with van der Waals surface area (Å²) in [6.45, 7) is 7.70. The van der Waals surface area contributed by atoms with Crippen molar-refractivity contribution in [2.75, 3.05) is 0 Å². The van der Waals surface area contributed by atoms with Crippen molar-refractivity contribution in [2.24, 2.45) is 5.41 Å². The molecule has 0 aliphatic heterocycles. The van der Waals surface area contributed by atoms with E-state index in [1.807, 2.05) is 39.0 Å². The number of benzene rings is 5. The minimum absolute atomic E-state index is 0.200. The fourth-order valence-electron chi connectivity index (χ4n) is 7.01. The lowest BCUT2D eigenvalue weighted by atomic mass is 9.51. The van der Waals surface area contributed by atoms with Crippen LogP contribution in [0.3, 0.4) is 0 Å². The minimum atomic E-state index is -0.708. The van der Waals surface area contributed by atoms with Crippen LogP contribution in [0, 0.1) is 12.3 Å². The second-order valence-corrected chi connectivity index (χ2v) is 12.9. The van der Waals surface area contributed by atoms with E-state index < -0.39 is 16.8 Å². The van der Waals surface area contributed by atoms with Gasteiger partial charge in [-0.3, -0.25) is 4.79 Å². The van der Waals surface area contributed by atoms with Crippen molar-refractivity contribution in [2.45, 2.75) is 45.4 Å². The Morgan fingerprint density at radius 2 is 1.25 bits per heavy atom. The van der Waals surface area contributed by atoms with Crippen LogP contribution >= 0.6 is 0 Å². The van der Waals surface area contributed by atoms with Gasteiger partial charge in [-0.25, -0.2) is 4.79 Å². The molecule has 0 fully saturated rings. The summed E-state index contributed by atoms with van der Waals surface area (Å²) in [7, 11) is 0. The number of rotatable bonds is 5. The molecule has 8 rings (SSSR count). The average Bonchev–Trinajstić information content (AvgIpc) is 3.03.